The third kappa shape index (κ3) is 4.58. The van der Waals surface area contributed by atoms with Crippen molar-refractivity contribution in [3.05, 3.63) is 53.3 Å². The first-order chi connectivity index (χ1) is 13.2. The second-order valence-corrected chi connectivity index (χ2v) is 8.57. The van der Waals surface area contributed by atoms with Crippen LogP contribution in [0.4, 0.5) is 5.69 Å². The van der Waals surface area contributed by atoms with Crippen molar-refractivity contribution in [3.63, 3.8) is 0 Å². The molecule has 1 N–H and O–H groups in total. The maximum Gasteiger partial charge on any atom is 0.275 e. The summed E-state index contributed by atoms with van der Waals surface area (Å²) >= 11 is 3.46. The van der Waals surface area contributed by atoms with E-state index < -0.39 is 0 Å². The van der Waals surface area contributed by atoms with E-state index in [1.54, 1.807) is 16.3 Å². The number of nitrogens with zero attached hydrogens (tertiary/aromatic N) is 4. The smallest absolute Gasteiger partial charge is 0.275 e. The van der Waals surface area contributed by atoms with Crippen LogP contribution in [0.2, 0.25) is 0 Å². The molecule has 140 valence electrons. The minimum absolute atomic E-state index is 0.187. The zero-order valence-corrected chi connectivity index (χ0v) is 16.7. The van der Waals surface area contributed by atoms with Crippen LogP contribution in [-0.4, -0.2) is 50.2 Å². The first-order valence-electron chi connectivity index (χ1n) is 8.82. The number of hydrogen-bond donors (Lipinski definition) is 1. The van der Waals surface area contributed by atoms with Crippen LogP contribution in [0, 0.1) is 0 Å². The van der Waals surface area contributed by atoms with Gasteiger partial charge in [-0.2, -0.15) is 16.9 Å². The number of aryl methyl sites for hydroxylation is 1. The van der Waals surface area contributed by atoms with Gasteiger partial charge < -0.3 is 5.32 Å². The summed E-state index contributed by atoms with van der Waals surface area (Å²) in [6, 6.07) is 8.07. The van der Waals surface area contributed by atoms with Crippen molar-refractivity contribution in [3.8, 4) is 10.6 Å². The van der Waals surface area contributed by atoms with E-state index in [-0.39, 0.29) is 5.91 Å². The number of carbonyl (C=O) groups is 1. The number of benzene rings is 1. The lowest BCUT2D eigenvalue weighted by atomic mass is 10.2. The van der Waals surface area contributed by atoms with Gasteiger partial charge in [-0.15, -0.1) is 11.3 Å². The summed E-state index contributed by atoms with van der Waals surface area (Å²) < 4.78 is 1.73. The van der Waals surface area contributed by atoms with Crippen LogP contribution < -0.4 is 5.32 Å². The molecule has 0 radical (unpaired) electrons. The van der Waals surface area contributed by atoms with E-state index in [2.05, 4.69) is 26.4 Å². The average Bonchev–Trinajstić information content (AvgIpc) is 3.32. The number of rotatable bonds is 5. The number of thioether (sulfide) groups is 1. The van der Waals surface area contributed by atoms with Crippen LogP contribution in [0.25, 0.3) is 10.6 Å². The molecule has 6 nitrogen and oxygen atoms in total. The van der Waals surface area contributed by atoms with E-state index in [1.165, 1.54) is 28.4 Å². The van der Waals surface area contributed by atoms with Crippen LogP contribution in [0.3, 0.4) is 0 Å². The topological polar surface area (TPSA) is 63.1 Å². The lowest BCUT2D eigenvalue weighted by Gasteiger charge is -2.26. The molecule has 2 aromatic heterocycles. The molecule has 0 aliphatic carbocycles. The molecule has 1 aliphatic heterocycles. The van der Waals surface area contributed by atoms with Gasteiger partial charge in [0.1, 0.15) is 10.7 Å². The number of anilines is 1. The van der Waals surface area contributed by atoms with Crippen LogP contribution in [-0.2, 0) is 13.6 Å². The maximum absolute atomic E-state index is 12.6. The third-order valence-corrected chi connectivity index (χ3v) is 6.22. The molecule has 3 aromatic rings. The normalized spacial score (nSPS) is 15.0. The van der Waals surface area contributed by atoms with Crippen molar-refractivity contribution in [2.45, 2.75) is 6.54 Å². The fourth-order valence-electron chi connectivity index (χ4n) is 3.00. The Kier molecular flexibility index (Phi) is 5.56. The molecule has 1 aliphatic rings. The van der Waals surface area contributed by atoms with Crippen LogP contribution >= 0.6 is 23.1 Å². The van der Waals surface area contributed by atoms with Crippen LogP contribution in [0.15, 0.2) is 42.0 Å². The van der Waals surface area contributed by atoms with Crippen molar-refractivity contribution in [2.75, 3.05) is 29.9 Å². The maximum atomic E-state index is 12.6. The zero-order chi connectivity index (χ0) is 18.6. The van der Waals surface area contributed by atoms with Crippen molar-refractivity contribution in [1.82, 2.24) is 19.7 Å². The highest BCUT2D eigenvalue weighted by Crippen LogP contribution is 2.23. The average molecular weight is 400 g/mol. The predicted octanol–water partition coefficient (Wildman–Crippen LogP) is 3.34. The van der Waals surface area contributed by atoms with Gasteiger partial charge >= 0.3 is 0 Å². The molecule has 0 spiro atoms. The first kappa shape index (κ1) is 18.2. The van der Waals surface area contributed by atoms with E-state index in [0.29, 0.717) is 5.69 Å². The highest BCUT2D eigenvalue weighted by atomic mass is 32.2. The number of amides is 1. The molecule has 3 heterocycles. The minimum atomic E-state index is -0.187. The summed E-state index contributed by atoms with van der Waals surface area (Å²) in [5, 5.41) is 9.70. The van der Waals surface area contributed by atoms with Gasteiger partial charge in [-0.1, -0.05) is 12.1 Å². The Morgan fingerprint density at radius 2 is 2.15 bits per heavy atom. The number of carbonyl (C=O) groups excluding carboxylic acids is 1. The molecule has 0 atom stereocenters. The molecule has 0 unspecified atom stereocenters. The minimum Gasteiger partial charge on any atom is -0.321 e. The summed E-state index contributed by atoms with van der Waals surface area (Å²) in [5.74, 6) is 2.20. The standard InChI is InChI=1S/C19H21N5OS2/c1-23-12-15(10-20-23)19-22-17(13-27-19)18(25)21-16-4-2-3-14(9-16)11-24-5-7-26-8-6-24/h2-4,9-10,12-13H,5-8,11H2,1H3,(H,21,25). The second kappa shape index (κ2) is 8.24. The largest absolute Gasteiger partial charge is 0.321 e. The summed E-state index contributed by atoms with van der Waals surface area (Å²) in [5.41, 5.74) is 3.37. The molecule has 1 fully saturated rings. The molecule has 1 aromatic carbocycles. The van der Waals surface area contributed by atoms with Gasteiger partial charge in [-0.05, 0) is 17.7 Å². The van der Waals surface area contributed by atoms with E-state index >= 15 is 0 Å². The molecule has 0 bridgehead atoms. The quantitative estimate of drug-likeness (QED) is 0.713. The Labute approximate surface area is 166 Å². The monoisotopic (exact) mass is 399 g/mol. The van der Waals surface area contributed by atoms with Gasteiger partial charge in [0.15, 0.2) is 0 Å². The SMILES string of the molecule is Cn1cc(-c2nc(C(=O)Nc3cccc(CN4CCSCC4)c3)cs2)cn1. The first-order valence-corrected chi connectivity index (χ1v) is 10.9. The van der Waals surface area contributed by atoms with Crippen LogP contribution in [0.5, 0.6) is 0 Å². The Bertz CT molecular complexity index is 930. The lowest BCUT2D eigenvalue weighted by molar-refractivity contribution is 0.102. The molecular formula is C19H21N5OS2. The van der Waals surface area contributed by atoms with Gasteiger partial charge in [0, 0.05) is 61.0 Å². The summed E-state index contributed by atoms with van der Waals surface area (Å²) in [6.45, 7) is 3.17. The van der Waals surface area contributed by atoms with E-state index in [4.69, 9.17) is 0 Å². The van der Waals surface area contributed by atoms with Crippen molar-refractivity contribution in [1.29, 1.82) is 0 Å². The zero-order valence-electron chi connectivity index (χ0n) is 15.1. The highest BCUT2D eigenvalue weighted by molar-refractivity contribution is 7.99. The van der Waals surface area contributed by atoms with Gasteiger partial charge in [-0.25, -0.2) is 4.98 Å². The van der Waals surface area contributed by atoms with E-state index in [1.807, 2.05) is 43.2 Å². The molecular weight excluding hydrogens is 378 g/mol. The van der Waals surface area contributed by atoms with Crippen molar-refractivity contribution in [2.24, 2.45) is 7.05 Å². The number of aromatic nitrogens is 3. The summed E-state index contributed by atoms with van der Waals surface area (Å²) in [4.78, 5) is 19.5. The predicted molar refractivity (Wildman–Crippen MR) is 111 cm³/mol. The molecule has 27 heavy (non-hydrogen) atoms. The van der Waals surface area contributed by atoms with Gasteiger partial charge in [0.25, 0.3) is 5.91 Å². The number of hydrogen-bond acceptors (Lipinski definition) is 6. The fraction of sp³-hybridized carbons (Fsp3) is 0.316. The van der Waals surface area contributed by atoms with Crippen LogP contribution in [0.1, 0.15) is 16.1 Å². The fourth-order valence-corrected chi connectivity index (χ4v) is 4.76. The lowest BCUT2D eigenvalue weighted by Crippen LogP contribution is -2.31. The highest BCUT2D eigenvalue weighted by Gasteiger charge is 2.14. The van der Waals surface area contributed by atoms with Gasteiger partial charge in [0.05, 0.1) is 6.20 Å². The van der Waals surface area contributed by atoms with Crippen molar-refractivity contribution < 1.29 is 4.79 Å². The Hall–Kier alpha value is -2.16. The van der Waals surface area contributed by atoms with E-state index in [9.17, 15) is 4.79 Å². The Morgan fingerprint density at radius 3 is 2.93 bits per heavy atom. The van der Waals surface area contributed by atoms with Gasteiger partial charge in [0.2, 0.25) is 0 Å². The molecule has 1 amide bonds. The summed E-state index contributed by atoms with van der Waals surface area (Å²) in [7, 11) is 1.86. The van der Waals surface area contributed by atoms with E-state index in [0.717, 1.165) is 35.9 Å². The van der Waals surface area contributed by atoms with Gasteiger partial charge in [-0.3, -0.25) is 14.4 Å². The molecule has 1 saturated heterocycles. The molecule has 8 heteroatoms. The number of nitrogens with one attached hydrogen (secondary N) is 1. The Morgan fingerprint density at radius 1 is 1.30 bits per heavy atom. The Balaban J connectivity index is 1.42. The van der Waals surface area contributed by atoms with Crippen molar-refractivity contribution >= 4 is 34.7 Å². The third-order valence-electron chi connectivity index (χ3n) is 4.38. The number of thiazole rings is 1. The molecule has 4 rings (SSSR count). The molecule has 0 saturated carbocycles. The second-order valence-electron chi connectivity index (χ2n) is 6.48. The summed E-state index contributed by atoms with van der Waals surface area (Å²) in [6.07, 6.45) is 3.65.